The number of amides is 1. The van der Waals surface area contributed by atoms with Gasteiger partial charge in [0.15, 0.2) is 0 Å². The topological polar surface area (TPSA) is 66.8 Å². The average Bonchev–Trinajstić information content (AvgIpc) is 2.52. The van der Waals surface area contributed by atoms with Gasteiger partial charge in [0.05, 0.1) is 5.92 Å². The van der Waals surface area contributed by atoms with Crippen molar-refractivity contribution in [2.75, 3.05) is 6.54 Å². The number of carboxylic acid groups (broad SMARTS) is 1. The molecule has 1 saturated heterocycles. The SMILES string of the molecule is CC[C@@H]1CC[C@@H](C(=O)O)CN1C(=O)OCc1ccccc1. The molecule has 2 rings (SSSR count). The fourth-order valence-electron chi connectivity index (χ4n) is 2.68. The number of carbonyl (C=O) groups excluding carboxylic acids is 1. The first-order chi connectivity index (χ1) is 10.1. The molecule has 5 heteroatoms. The van der Waals surface area contributed by atoms with E-state index in [9.17, 15) is 9.59 Å². The van der Waals surface area contributed by atoms with Crippen molar-refractivity contribution in [1.29, 1.82) is 0 Å². The summed E-state index contributed by atoms with van der Waals surface area (Å²) in [6.07, 6.45) is 1.73. The Balaban J connectivity index is 1.96. The quantitative estimate of drug-likeness (QED) is 0.926. The summed E-state index contributed by atoms with van der Waals surface area (Å²) in [5.41, 5.74) is 0.922. The predicted octanol–water partition coefficient (Wildman–Crippen LogP) is 2.90. The fraction of sp³-hybridized carbons (Fsp3) is 0.500. The molecule has 21 heavy (non-hydrogen) atoms. The Morgan fingerprint density at radius 2 is 2.00 bits per heavy atom. The van der Waals surface area contributed by atoms with Crippen LogP contribution in [0.4, 0.5) is 4.79 Å². The Bertz CT molecular complexity index is 488. The largest absolute Gasteiger partial charge is 0.481 e. The molecule has 1 heterocycles. The summed E-state index contributed by atoms with van der Waals surface area (Å²) in [5, 5.41) is 9.13. The van der Waals surface area contributed by atoms with Crippen molar-refractivity contribution in [3.63, 3.8) is 0 Å². The standard InChI is InChI=1S/C16H21NO4/c1-2-14-9-8-13(15(18)19)10-17(14)16(20)21-11-12-6-4-3-5-7-12/h3-7,13-14H,2,8-11H2,1H3,(H,18,19)/t13-,14-/m1/s1. The van der Waals surface area contributed by atoms with Gasteiger partial charge in [0.2, 0.25) is 0 Å². The molecule has 114 valence electrons. The van der Waals surface area contributed by atoms with Crippen molar-refractivity contribution in [2.24, 2.45) is 5.92 Å². The van der Waals surface area contributed by atoms with Crippen LogP contribution in [0.5, 0.6) is 0 Å². The Morgan fingerprint density at radius 3 is 2.62 bits per heavy atom. The summed E-state index contributed by atoms with van der Waals surface area (Å²) in [7, 11) is 0. The molecule has 1 aromatic rings. The van der Waals surface area contributed by atoms with Gasteiger partial charge in [0.1, 0.15) is 6.61 Å². The molecule has 1 N–H and O–H groups in total. The van der Waals surface area contributed by atoms with Crippen molar-refractivity contribution in [3.05, 3.63) is 35.9 Å². The molecule has 5 nitrogen and oxygen atoms in total. The lowest BCUT2D eigenvalue weighted by Crippen LogP contribution is -2.48. The van der Waals surface area contributed by atoms with Crippen LogP contribution in [-0.4, -0.2) is 34.7 Å². The zero-order valence-electron chi connectivity index (χ0n) is 12.2. The molecule has 0 unspecified atom stereocenters. The summed E-state index contributed by atoms with van der Waals surface area (Å²) in [4.78, 5) is 24.9. The molecule has 0 saturated carbocycles. The molecule has 1 aliphatic rings. The third kappa shape index (κ3) is 3.97. The monoisotopic (exact) mass is 291 g/mol. The second kappa shape index (κ2) is 7.11. The van der Waals surface area contributed by atoms with E-state index in [4.69, 9.17) is 9.84 Å². The lowest BCUT2D eigenvalue weighted by Gasteiger charge is -2.37. The average molecular weight is 291 g/mol. The lowest BCUT2D eigenvalue weighted by atomic mass is 9.92. The number of benzene rings is 1. The van der Waals surface area contributed by atoms with Gasteiger partial charge in [-0.25, -0.2) is 4.79 Å². The van der Waals surface area contributed by atoms with Crippen LogP contribution in [0, 0.1) is 5.92 Å². The summed E-state index contributed by atoms with van der Waals surface area (Å²) in [6.45, 7) is 2.45. The first-order valence-electron chi connectivity index (χ1n) is 7.32. The molecule has 1 amide bonds. The van der Waals surface area contributed by atoms with Gasteiger partial charge < -0.3 is 14.7 Å². The molecular weight excluding hydrogens is 270 g/mol. The number of hydrogen-bond acceptors (Lipinski definition) is 3. The maximum Gasteiger partial charge on any atom is 0.410 e. The number of likely N-dealkylation sites (tertiary alicyclic amines) is 1. The van der Waals surface area contributed by atoms with E-state index in [0.717, 1.165) is 12.0 Å². The molecule has 0 aromatic heterocycles. The minimum atomic E-state index is -0.842. The summed E-state index contributed by atoms with van der Waals surface area (Å²) >= 11 is 0. The van der Waals surface area contributed by atoms with Crippen LogP contribution in [0.2, 0.25) is 0 Å². The number of piperidine rings is 1. The highest BCUT2D eigenvalue weighted by Gasteiger charge is 2.34. The maximum atomic E-state index is 12.2. The smallest absolute Gasteiger partial charge is 0.410 e. The highest BCUT2D eigenvalue weighted by molar-refractivity contribution is 5.73. The normalized spacial score (nSPS) is 21.9. The van der Waals surface area contributed by atoms with Gasteiger partial charge in [-0.2, -0.15) is 0 Å². The van der Waals surface area contributed by atoms with Gasteiger partial charge >= 0.3 is 12.1 Å². The van der Waals surface area contributed by atoms with E-state index in [1.807, 2.05) is 37.3 Å². The Hall–Kier alpha value is -2.04. The zero-order chi connectivity index (χ0) is 15.2. The van der Waals surface area contributed by atoms with Crippen molar-refractivity contribution in [3.8, 4) is 0 Å². The van der Waals surface area contributed by atoms with Gasteiger partial charge in [0, 0.05) is 12.6 Å². The molecule has 0 bridgehead atoms. The number of carbonyl (C=O) groups is 2. The van der Waals surface area contributed by atoms with Gasteiger partial charge in [-0.3, -0.25) is 4.79 Å². The molecular formula is C16H21NO4. The minimum Gasteiger partial charge on any atom is -0.481 e. The summed E-state index contributed by atoms with van der Waals surface area (Å²) in [6, 6.07) is 9.53. The third-order valence-corrected chi connectivity index (χ3v) is 3.97. The van der Waals surface area contributed by atoms with Crippen LogP contribution in [-0.2, 0) is 16.1 Å². The lowest BCUT2D eigenvalue weighted by molar-refractivity contribution is -0.143. The van der Waals surface area contributed by atoms with E-state index in [0.29, 0.717) is 12.8 Å². The van der Waals surface area contributed by atoms with E-state index in [2.05, 4.69) is 0 Å². The number of carboxylic acids is 1. The van der Waals surface area contributed by atoms with Crippen molar-refractivity contribution in [1.82, 2.24) is 4.90 Å². The first-order valence-corrected chi connectivity index (χ1v) is 7.32. The molecule has 0 spiro atoms. The van der Waals surface area contributed by atoms with Gasteiger partial charge in [-0.1, -0.05) is 37.3 Å². The first kappa shape index (κ1) is 15.4. The van der Waals surface area contributed by atoms with E-state index in [1.54, 1.807) is 4.90 Å². The van der Waals surface area contributed by atoms with Crippen molar-refractivity contribution in [2.45, 2.75) is 38.8 Å². The van der Waals surface area contributed by atoms with Crippen LogP contribution in [0.25, 0.3) is 0 Å². The van der Waals surface area contributed by atoms with Gasteiger partial charge in [-0.15, -0.1) is 0 Å². The van der Waals surface area contributed by atoms with E-state index < -0.39 is 18.0 Å². The van der Waals surface area contributed by atoms with Crippen LogP contribution < -0.4 is 0 Å². The number of ether oxygens (including phenoxy) is 1. The third-order valence-electron chi connectivity index (χ3n) is 3.97. The van der Waals surface area contributed by atoms with E-state index in [-0.39, 0.29) is 19.2 Å². The Labute approximate surface area is 124 Å². The maximum absolute atomic E-state index is 12.2. The van der Waals surface area contributed by atoms with Crippen molar-refractivity contribution >= 4 is 12.1 Å². The van der Waals surface area contributed by atoms with Gasteiger partial charge in [0.25, 0.3) is 0 Å². The van der Waals surface area contributed by atoms with Crippen LogP contribution in [0.15, 0.2) is 30.3 Å². The molecule has 2 atom stereocenters. The molecule has 0 radical (unpaired) electrons. The second-order valence-corrected chi connectivity index (χ2v) is 5.37. The molecule has 1 aromatic carbocycles. The summed E-state index contributed by atoms with van der Waals surface area (Å²) in [5.74, 6) is -1.33. The predicted molar refractivity (Wildman–Crippen MR) is 77.8 cm³/mol. The Kier molecular flexibility index (Phi) is 5.20. The van der Waals surface area contributed by atoms with Crippen LogP contribution in [0.1, 0.15) is 31.7 Å². The highest BCUT2D eigenvalue weighted by Crippen LogP contribution is 2.25. The summed E-state index contributed by atoms with van der Waals surface area (Å²) < 4.78 is 5.32. The molecule has 1 aliphatic heterocycles. The molecule has 1 fully saturated rings. The second-order valence-electron chi connectivity index (χ2n) is 5.37. The minimum absolute atomic E-state index is 0.0730. The fourth-order valence-corrected chi connectivity index (χ4v) is 2.68. The number of aliphatic carboxylic acids is 1. The van der Waals surface area contributed by atoms with Crippen molar-refractivity contribution < 1.29 is 19.4 Å². The zero-order valence-corrected chi connectivity index (χ0v) is 12.2. The van der Waals surface area contributed by atoms with Crippen LogP contribution in [0.3, 0.4) is 0 Å². The van der Waals surface area contributed by atoms with E-state index >= 15 is 0 Å². The highest BCUT2D eigenvalue weighted by atomic mass is 16.6. The number of nitrogens with zero attached hydrogens (tertiary/aromatic N) is 1. The Morgan fingerprint density at radius 1 is 1.29 bits per heavy atom. The van der Waals surface area contributed by atoms with Crippen LogP contribution >= 0.6 is 0 Å². The molecule has 0 aliphatic carbocycles. The van der Waals surface area contributed by atoms with Gasteiger partial charge in [-0.05, 0) is 24.8 Å². The van der Waals surface area contributed by atoms with E-state index in [1.165, 1.54) is 0 Å². The number of hydrogen-bond donors (Lipinski definition) is 1. The number of rotatable bonds is 4.